The minimum absolute atomic E-state index is 0.125. The van der Waals surface area contributed by atoms with Crippen LogP contribution in [0.1, 0.15) is 30.0 Å². The number of amides is 2. The summed E-state index contributed by atoms with van der Waals surface area (Å²) in [7, 11) is 0. The molecule has 0 fully saturated rings. The van der Waals surface area contributed by atoms with Crippen molar-refractivity contribution in [2.75, 3.05) is 16.8 Å². The number of halogens is 3. The summed E-state index contributed by atoms with van der Waals surface area (Å²) in [5.74, 6) is -0.935. The predicted octanol–water partition coefficient (Wildman–Crippen LogP) is 4.70. The zero-order valence-electron chi connectivity index (χ0n) is 15.4. The van der Waals surface area contributed by atoms with Crippen molar-refractivity contribution < 1.29 is 22.8 Å². The number of alkyl halides is 3. The first-order valence-corrected chi connectivity index (χ1v) is 8.41. The normalized spacial score (nSPS) is 11.2. The zero-order valence-corrected chi connectivity index (χ0v) is 15.4. The number of carbonyl (C=O) groups is 2. The highest BCUT2D eigenvalue weighted by atomic mass is 19.4. The average Bonchev–Trinajstić information content (AvgIpc) is 2.58. The Labute approximate surface area is 156 Å². The molecule has 0 spiro atoms. The Hall–Kier alpha value is -2.83. The fourth-order valence-corrected chi connectivity index (χ4v) is 2.82. The van der Waals surface area contributed by atoms with Crippen LogP contribution in [-0.2, 0) is 15.8 Å². The maximum atomic E-state index is 13.2. The Balaban J connectivity index is 2.17. The third-order valence-corrected chi connectivity index (χ3v) is 4.19. The first-order chi connectivity index (χ1) is 12.6. The molecule has 2 amide bonds. The molecule has 144 valence electrons. The van der Waals surface area contributed by atoms with Gasteiger partial charge in [0.2, 0.25) is 11.8 Å². The predicted molar refractivity (Wildman–Crippen MR) is 98.6 cm³/mol. The summed E-state index contributed by atoms with van der Waals surface area (Å²) in [6.45, 7) is 4.73. The van der Waals surface area contributed by atoms with Crippen molar-refractivity contribution in [3.63, 3.8) is 0 Å². The molecule has 0 heterocycles. The van der Waals surface area contributed by atoms with Crippen LogP contribution in [0.4, 0.5) is 24.5 Å². The van der Waals surface area contributed by atoms with E-state index in [2.05, 4.69) is 5.32 Å². The molecule has 0 radical (unpaired) electrons. The van der Waals surface area contributed by atoms with E-state index in [4.69, 9.17) is 0 Å². The van der Waals surface area contributed by atoms with E-state index in [1.807, 2.05) is 32.0 Å². The molecule has 1 N–H and O–H groups in total. The second-order valence-electron chi connectivity index (χ2n) is 6.25. The van der Waals surface area contributed by atoms with Crippen molar-refractivity contribution in [3.05, 3.63) is 59.2 Å². The van der Waals surface area contributed by atoms with Gasteiger partial charge in [-0.05, 0) is 37.1 Å². The summed E-state index contributed by atoms with van der Waals surface area (Å²) in [4.78, 5) is 25.2. The van der Waals surface area contributed by atoms with Crippen molar-refractivity contribution in [2.45, 2.75) is 33.4 Å². The molecule has 4 nitrogen and oxygen atoms in total. The van der Waals surface area contributed by atoms with E-state index in [0.29, 0.717) is 5.69 Å². The molecule has 0 aliphatic heterocycles. The van der Waals surface area contributed by atoms with Gasteiger partial charge in [0.25, 0.3) is 0 Å². The lowest BCUT2D eigenvalue weighted by Gasteiger charge is -2.24. The summed E-state index contributed by atoms with van der Waals surface area (Å²) in [6.07, 6.45) is -4.72. The third-order valence-electron chi connectivity index (χ3n) is 4.19. The Morgan fingerprint density at radius 2 is 1.59 bits per heavy atom. The minimum atomic E-state index is -4.59. The number of para-hydroxylation sites is 2. The molecule has 27 heavy (non-hydrogen) atoms. The van der Waals surface area contributed by atoms with Crippen molar-refractivity contribution in [1.29, 1.82) is 0 Å². The number of aryl methyl sites for hydroxylation is 2. The van der Waals surface area contributed by atoms with Crippen molar-refractivity contribution >= 4 is 23.2 Å². The van der Waals surface area contributed by atoms with E-state index in [-0.39, 0.29) is 24.6 Å². The fraction of sp³-hybridized carbons (Fsp3) is 0.300. The second kappa shape index (κ2) is 8.24. The molecule has 0 unspecified atom stereocenters. The fourth-order valence-electron chi connectivity index (χ4n) is 2.82. The van der Waals surface area contributed by atoms with Gasteiger partial charge in [-0.2, -0.15) is 13.2 Å². The Morgan fingerprint density at radius 1 is 1.00 bits per heavy atom. The zero-order chi connectivity index (χ0) is 20.2. The van der Waals surface area contributed by atoms with E-state index < -0.39 is 17.6 Å². The Kier molecular flexibility index (Phi) is 6.25. The molecule has 0 bridgehead atoms. The van der Waals surface area contributed by atoms with Gasteiger partial charge >= 0.3 is 6.18 Å². The number of rotatable bonds is 5. The van der Waals surface area contributed by atoms with E-state index in [9.17, 15) is 22.8 Å². The van der Waals surface area contributed by atoms with Gasteiger partial charge in [-0.15, -0.1) is 0 Å². The number of hydrogen-bond acceptors (Lipinski definition) is 2. The van der Waals surface area contributed by atoms with E-state index in [1.54, 1.807) is 0 Å². The summed E-state index contributed by atoms with van der Waals surface area (Å²) in [6, 6.07) is 10.4. The topological polar surface area (TPSA) is 49.4 Å². The van der Waals surface area contributed by atoms with Gasteiger partial charge in [-0.3, -0.25) is 9.59 Å². The van der Waals surface area contributed by atoms with Crippen LogP contribution in [0.2, 0.25) is 0 Å². The van der Waals surface area contributed by atoms with Crippen LogP contribution in [-0.4, -0.2) is 18.4 Å². The van der Waals surface area contributed by atoms with Crippen LogP contribution in [0.25, 0.3) is 0 Å². The van der Waals surface area contributed by atoms with Gasteiger partial charge in [0, 0.05) is 25.6 Å². The number of carbonyl (C=O) groups excluding carboxylic acids is 2. The molecule has 2 aromatic carbocycles. The maximum absolute atomic E-state index is 13.2. The van der Waals surface area contributed by atoms with Gasteiger partial charge in [0.1, 0.15) is 0 Å². The van der Waals surface area contributed by atoms with Crippen LogP contribution < -0.4 is 10.2 Å². The smallest absolute Gasteiger partial charge is 0.326 e. The standard InChI is InChI=1S/C20H21F3N2O2/c1-13-7-6-8-14(2)19(13)24-18(27)11-12-25(15(3)26)17-10-5-4-9-16(17)20(21,22)23/h4-10H,11-12H2,1-3H3,(H,24,27). The van der Waals surface area contributed by atoms with Crippen molar-refractivity contribution in [2.24, 2.45) is 0 Å². The van der Waals surface area contributed by atoms with Crippen molar-refractivity contribution in [1.82, 2.24) is 0 Å². The number of nitrogens with zero attached hydrogens (tertiary/aromatic N) is 1. The Bertz CT molecular complexity index is 827. The molecule has 2 aromatic rings. The van der Waals surface area contributed by atoms with Crippen LogP contribution in [0.15, 0.2) is 42.5 Å². The number of hydrogen-bond donors (Lipinski definition) is 1. The molecular weight excluding hydrogens is 357 g/mol. The monoisotopic (exact) mass is 378 g/mol. The molecule has 0 aliphatic rings. The van der Waals surface area contributed by atoms with Gasteiger partial charge < -0.3 is 10.2 Å². The minimum Gasteiger partial charge on any atom is -0.326 e. The van der Waals surface area contributed by atoms with Gasteiger partial charge in [-0.25, -0.2) is 0 Å². The largest absolute Gasteiger partial charge is 0.418 e. The molecular formula is C20H21F3N2O2. The highest BCUT2D eigenvalue weighted by molar-refractivity contribution is 5.96. The lowest BCUT2D eigenvalue weighted by atomic mass is 10.1. The van der Waals surface area contributed by atoms with Crippen LogP contribution in [0.5, 0.6) is 0 Å². The SMILES string of the molecule is CC(=O)N(CCC(=O)Nc1c(C)cccc1C)c1ccccc1C(F)(F)F. The summed E-state index contributed by atoms with van der Waals surface area (Å²) >= 11 is 0. The summed E-state index contributed by atoms with van der Waals surface area (Å²) in [5, 5.41) is 2.77. The summed E-state index contributed by atoms with van der Waals surface area (Å²) < 4.78 is 39.7. The molecule has 0 saturated carbocycles. The second-order valence-corrected chi connectivity index (χ2v) is 6.25. The number of nitrogens with one attached hydrogen (secondary N) is 1. The molecule has 0 saturated heterocycles. The van der Waals surface area contributed by atoms with E-state index in [1.165, 1.54) is 25.1 Å². The first kappa shape index (κ1) is 20.5. The van der Waals surface area contributed by atoms with E-state index >= 15 is 0 Å². The number of anilines is 2. The Morgan fingerprint density at radius 3 is 2.15 bits per heavy atom. The quantitative estimate of drug-likeness (QED) is 0.820. The molecule has 0 aromatic heterocycles. The number of benzene rings is 2. The first-order valence-electron chi connectivity index (χ1n) is 8.41. The van der Waals surface area contributed by atoms with Gasteiger partial charge in [0.15, 0.2) is 0 Å². The van der Waals surface area contributed by atoms with Crippen LogP contribution >= 0.6 is 0 Å². The van der Waals surface area contributed by atoms with E-state index in [0.717, 1.165) is 22.1 Å². The molecule has 2 rings (SSSR count). The van der Waals surface area contributed by atoms with Gasteiger partial charge in [0.05, 0.1) is 11.3 Å². The molecule has 7 heteroatoms. The average molecular weight is 378 g/mol. The van der Waals surface area contributed by atoms with Crippen LogP contribution in [0, 0.1) is 13.8 Å². The lowest BCUT2D eigenvalue weighted by Crippen LogP contribution is -2.33. The van der Waals surface area contributed by atoms with Crippen molar-refractivity contribution in [3.8, 4) is 0 Å². The molecule has 0 aliphatic carbocycles. The maximum Gasteiger partial charge on any atom is 0.418 e. The third kappa shape index (κ3) is 5.09. The lowest BCUT2D eigenvalue weighted by molar-refractivity contribution is -0.137. The highest BCUT2D eigenvalue weighted by Crippen LogP contribution is 2.36. The molecule has 0 atom stereocenters. The summed E-state index contributed by atoms with van der Waals surface area (Å²) in [5.41, 5.74) is 1.28. The highest BCUT2D eigenvalue weighted by Gasteiger charge is 2.35. The van der Waals surface area contributed by atoms with Gasteiger partial charge in [-0.1, -0.05) is 30.3 Å². The van der Waals surface area contributed by atoms with Crippen LogP contribution in [0.3, 0.4) is 0 Å².